The molecule has 0 N–H and O–H groups in total. The first-order chi connectivity index (χ1) is 15.4. The average molecular weight is 513 g/mol. The van der Waals surface area contributed by atoms with Crippen LogP contribution in [0, 0.1) is 6.92 Å². The summed E-state index contributed by atoms with van der Waals surface area (Å²) in [7, 11) is 3.57. The van der Waals surface area contributed by atoms with E-state index in [0.717, 1.165) is 31.9 Å². The van der Waals surface area contributed by atoms with Crippen molar-refractivity contribution in [3.05, 3.63) is 85.3 Å². The maximum Gasteiger partial charge on any atom is 0.297 e. The number of para-hydroxylation sites is 1. The Morgan fingerprint density at radius 2 is 1.91 bits per heavy atom. The van der Waals surface area contributed by atoms with Crippen LogP contribution in [0.4, 0.5) is 5.69 Å². The minimum absolute atomic E-state index is 0.0411. The summed E-state index contributed by atoms with van der Waals surface area (Å²) in [5.41, 5.74) is 4.04. The molecule has 0 aliphatic carbocycles. The normalized spacial score (nSPS) is 13.0. The van der Waals surface area contributed by atoms with Gasteiger partial charge in [-0.2, -0.15) is 0 Å². The maximum atomic E-state index is 13.4. The third-order valence-electron chi connectivity index (χ3n) is 5.44. The van der Waals surface area contributed by atoms with Gasteiger partial charge in [0.15, 0.2) is 10.5 Å². The topological polar surface area (TPSA) is 53.4 Å². The van der Waals surface area contributed by atoms with Crippen molar-refractivity contribution >= 4 is 33.0 Å². The zero-order valence-corrected chi connectivity index (χ0v) is 20.9. The number of ether oxygens (including phenoxy) is 1. The Hall–Kier alpha value is -2.68. The Balaban J connectivity index is 1.93. The van der Waals surface area contributed by atoms with E-state index in [1.165, 1.54) is 11.3 Å². The van der Waals surface area contributed by atoms with Crippen molar-refractivity contribution in [2.24, 2.45) is 12.0 Å². The Labute approximate surface area is 199 Å². The largest absolute Gasteiger partial charge is 0.383 e. The van der Waals surface area contributed by atoms with Crippen LogP contribution in [0.1, 0.15) is 18.7 Å². The molecular weight excluding hydrogens is 488 g/mol. The lowest BCUT2D eigenvalue weighted by molar-refractivity contribution is 0.162. The van der Waals surface area contributed by atoms with Crippen molar-refractivity contribution in [1.29, 1.82) is 0 Å². The first-order valence-corrected chi connectivity index (χ1v) is 11.9. The van der Waals surface area contributed by atoms with Crippen LogP contribution >= 0.6 is 27.3 Å². The Morgan fingerprint density at radius 1 is 1.16 bits per heavy atom. The monoisotopic (exact) mass is 512 g/mol. The van der Waals surface area contributed by atoms with Crippen LogP contribution in [0.15, 0.2) is 74.2 Å². The predicted molar refractivity (Wildman–Crippen MR) is 133 cm³/mol. The molecule has 0 aliphatic rings. The summed E-state index contributed by atoms with van der Waals surface area (Å²) in [6, 6.07) is 17.8. The molecule has 2 heterocycles. The number of halogens is 1. The Morgan fingerprint density at radius 3 is 2.59 bits per heavy atom. The fraction of sp³-hybridized carbons (Fsp3) is 0.250. The molecule has 4 rings (SSSR count). The molecule has 0 aliphatic heterocycles. The summed E-state index contributed by atoms with van der Waals surface area (Å²) in [6.07, 6.45) is 0. The number of hydrogen-bond acceptors (Lipinski definition) is 4. The number of methoxy groups -OCH3 is 1. The van der Waals surface area contributed by atoms with E-state index in [1.54, 1.807) is 11.8 Å². The number of hydrogen-bond donors (Lipinski definition) is 0. The fourth-order valence-electron chi connectivity index (χ4n) is 3.78. The highest BCUT2D eigenvalue weighted by Crippen LogP contribution is 2.27. The van der Waals surface area contributed by atoms with Gasteiger partial charge in [-0.15, -0.1) is 11.3 Å². The lowest BCUT2D eigenvalue weighted by Gasteiger charge is -2.16. The van der Waals surface area contributed by atoms with E-state index in [4.69, 9.17) is 9.73 Å². The van der Waals surface area contributed by atoms with Gasteiger partial charge in [0.05, 0.1) is 29.7 Å². The van der Waals surface area contributed by atoms with Gasteiger partial charge in [-0.05, 0) is 38.1 Å². The van der Waals surface area contributed by atoms with E-state index in [1.807, 2.05) is 61.1 Å². The number of thiazole rings is 1. The van der Waals surface area contributed by atoms with Crippen molar-refractivity contribution in [3.8, 4) is 16.9 Å². The molecule has 8 heteroatoms. The highest BCUT2D eigenvalue weighted by atomic mass is 79.9. The smallest absolute Gasteiger partial charge is 0.297 e. The SMILES string of the molecule is COCC(C)n1c(-c2cccc(Br)c2)csc1=Nc1c(C)n(C)n(-c2ccccc2)c1=O. The molecule has 0 saturated carbocycles. The molecule has 0 fully saturated rings. The van der Waals surface area contributed by atoms with Crippen LogP contribution in [0.3, 0.4) is 0 Å². The van der Waals surface area contributed by atoms with Crippen molar-refractivity contribution in [2.45, 2.75) is 19.9 Å². The molecule has 2 aromatic heterocycles. The summed E-state index contributed by atoms with van der Waals surface area (Å²) in [5, 5.41) is 2.08. The van der Waals surface area contributed by atoms with Crippen LogP contribution in [0.2, 0.25) is 0 Å². The quantitative estimate of drug-likeness (QED) is 0.355. The first kappa shape index (κ1) is 22.5. The van der Waals surface area contributed by atoms with Gasteiger partial charge in [-0.1, -0.05) is 46.3 Å². The second-order valence-electron chi connectivity index (χ2n) is 7.61. The van der Waals surface area contributed by atoms with Crippen molar-refractivity contribution < 1.29 is 4.74 Å². The third-order valence-corrected chi connectivity index (χ3v) is 6.78. The Kier molecular flexibility index (Phi) is 6.64. The zero-order valence-electron chi connectivity index (χ0n) is 18.4. The predicted octanol–water partition coefficient (Wildman–Crippen LogP) is 5.22. The number of rotatable bonds is 6. The van der Waals surface area contributed by atoms with Gasteiger partial charge in [0, 0.05) is 29.6 Å². The lowest BCUT2D eigenvalue weighted by atomic mass is 10.1. The van der Waals surface area contributed by atoms with E-state index >= 15 is 0 Å². The van der Waals surface area contributed by atoms with Gasteiger partial charge in [0.1, 0.15) is 0 Å². The third kappa shape index (κ3) is 4.18. The fourth-order valence-corrected chi connectivity index (χ4v) is 5.18. The number of benzene rings is 2. The van der Waals surface area contributed by atoms with E-state index in [9.17, 15) is 4.79 Å². The molecule has 0 spiro atoms. The molecule has 32 heavy (non-hydrogen) atoms. The van der Waals surface area contributed by atoms with E-state index in [-0.39, 0.29) is 11.6 Å². The van der Waals surface area contributed by atoms with Gasteiger partial charge < -0.3 is 9.30 Å². The Bertz CT molecular complexity index is 1360. The van der Waals surface area contributed by atoms with Gasteiger partial charge in [-0.3, -0.25) is 9.48 Å². The summed E-state index contributed by atoms with van der Waals surface area (Å²) in [6.45, 7) is 4.55. The average Bonchev–Trinajstić information content (AvgIpc) is 3.29. The van der Waals surface area contributed by atoms with Gasteiger partial charge >= 0.3 is 0 Å². The van der Waals surface area contributed by atoms with Crippen molar-refractivity contribution in [1.82, 2.24) is 13.9 Å². The minimum Gasteiger partial charge on any atom is -0.383 e. The molecule has 0 bridgehead atoms. The minimum atomic E-state index is -0.139. The van der Waals surface area contributed by atoms with Gasteiger partial charge in [0.2, 0.25) is 0 Å². The molecule has 4 aromatic rings. The van der Waals surface area contributed by atoms with Crippen LogP contribution in [0.25, 0.3) is 16.9 Å². The van der Waals surface area contributed by atoms with Crippen LogP contribution < -0.4 is 10.4 Å². The highest BCUT2D eigenvalue weighted by Gasteiger charge is 2.18. The van der Waals surface area contributed by atoms with Crippen LogP contribution in [0.5, 0.6) is 0 Å². The standard InChI is InChI=1S/C24H25BrN4O2S/c1-16(14-31-4)28-21(18-9-8-10-19(25)13-18)15-32-24(28)26-22-17(2)27(3)29(23(22)30)20-11-6-5-7-12-20/h5-13,15-16H,14H2,1-4H3. The van der Waals surface area contributed by atoms with E-state index in [2.05, 4.69) is 44.9 Å². The molecule has 0 saturated heterocycles. The van der Waals surface area contributed by atoms with Crippen molar-refractivity contribution in [2.75, 3.05) is 13.7 Å². The second-order valence-corrected chi connectivity index (χ2v) is 9.36. The zero-order chi connectivity index (χ0) is 22.8. The number of aromatic nitrogens is 3. The molecule has 6 nitrogen and oxygen atoms in total. The summed E-state index contributed by atoms with van der Waals surface area (Å²) in [4.78, 5) is 19.0. The van der Waals surface area contributed by atoms with Gasteiger partial charge in [0.25, 0.3) is 5.56 Å². The molecule has 0 radical (unpaired) electrons. The molecular formula is C24H25BrN4O2S. The summed E-state index contributed by atoms with van der Waals surface area (Å²) < 4.78 is 12.1. The summed E-state index contributed by atoms with van der Waals surface area (Å²) in [5.74, 6) is 0. The number of nitrogens with zero attached hydrogens (tertiary/aromatic N) is 4. The maximum absolute atomic E-state index is 13.4. The molecule has 2 aromatic carbocycles. The molecule has 1 unspecified atom stereocenters. The first-order valence-electron chi connectivity index (χ1n) is 10.3. The van der Waals surface area contributed by atoms with Crippen molar-refractivity contribution in [3.63, 3.8) is 0 Å². The summed E-state index contributed by atoms with van der Waals surface area (Å²) >= 11 is 5.09. The van der Waals surface area contributed by atoms with Gasteiger partial charge in [-0.25, -0.2) is 9.67 Å². The van der Waals surface area contributed by atoms with Crippen LogP contribution in [-0.4, -0.2) is 27.6 Å². The van der Waals surface area contributed by atoms with E-state index in [0.29, 0.717) is 12.3 Å². The second kappa shape index (κ2) is 9.44. The highest BCUT2D eigenvalue weighted by molar-refractivity contribution is 9.10. The van der Waals surface area contributed by atoms with Crippen LogP contribution in [-0.2, 0) is 11.8 Å². The molecule has 1 atom stereocenters. The van der Waals surface area contributed by atoms with E-state index < -0.39 is 0 Å². The molecule has 166 valence electrons. The lowest BCUT2D eigenvalue weighted by Crippen LogP contribution is -2.24. The molecule has 0 amide bonds.